The molecule has 4 rings (SSSR count). The highest BCUT2D eigenvalue weighted by atomic mass is 19.1. The van der Waals surface area contributed by atoms with Crippen molar-refractivity contribution in [2.24, 2.45) is 11.7 Å². The number of halogens is 1. The molecule has 0 radical (unpaired) electrons. The van der Waals surface area contributed by atoms with Gasteiger partial charge < -0.3 is 15.5 Å². The average molecular weight is 367 g/mol. The summed E-state index contributed by atoms with van der Waals surface area (Å²) in [5, 5.41) is 0. The summed E-state index contributed by atoms with van der Waals surface area (Å²) in [6, 6.07) is 15.6. The van der Waals surface area contributed by atoms with Crippen LogP contribution in [0.2, 0.25) is 0 Å². The van der Waals surface area contributed by atoms with Crippen LogP contribution in [0, 0.1) is 11.7 Å². The molecule has 2 fully saturated rings. The molecule has 2 aliphatic heterocycles. The molecule has 0 aromatic heterocycles. The van der Waals surface area contributed by atoms with Crippen LogP contribution in [0.1, 0.15) is 17.9 Å². The van der Waals surface area contributed by atoms with Crippen molar-refractivity contribution in [3.8, 4) is 0 Å². The highest BCUT2D eigenvalue weighted by Gasteiger charge is 2.43. The van der Waals surface area contributed by atoms with Gasteiger partial charge in [-0.15, -0.1) is 0 Å². The van der Waals surface area contributed by atoms with Crippen molar-refractivity contribution in [2.45, 2.75) is 18.4 Å². The topological polar surface area (TPSA) is 66.6 Å². The number of anilines is 1. The van der Waals surface area contributed by atoms with Gasteiger partial charge in [-0.05, 0) is 36.2 Å². The van der Waals surface area contributed by atoms with E-state index in [-0.39, 0.29) is 29.6 Å². The third-order valence-electron chi connectivity index (χ3n) is 5.55. The van der Waals surface area contributed by atoms with Crippen LogP contribution in [0.15, 0.2) is 54.6 Å². The first-order valence-corrected chi connectivity index (χ1v) is 9.21. The predicted molar refractivity (Wildman–Crippen MR) is 101 cm³/mol. The molecular formula is C21H22FN3O2. The van der Waals surface area contributed by atoms with Crippen LogP contribution < -0.4 is 10.6 Å². The third-order valence-corrected chi connectivity index (χ3v) is 5.55. The Bertz CT molecular complexity index is 840. The molecule has 27 heavy (non-hydrogen) atoms. The second kappa shape index (κ2) is 7.12. The summed E-state index contributed by atoms with van der Waals surface area (Å²) in [6.07, 6.45) is 0.469. The van der Waals surface area contributed by atoms with Crippen LogP contribution in [0.3, 0.4) is 0 Å². The third kappa shape index (κ3) is 3.32. The highest BCUT2D eigenvalue weighted by molar-refractivity contribution is 6.09. The van der Waals surface area contributed by atoms with Gasteiger partial charge in [0.25, 0.3) is 0 Å². The smallest absolute Gasteiger partial charge is 0.239 e. The van der Waals surface area contributed by atoms with Crippen LogP contribution in [0.25, 0.3) is 0 Å². The fraction of sp³-hybridized carbons (Fsp3) is 0.333. The van der Waals surface area contributed by atoms with Gasteiger partial charge in [-0.3, -0.25) is 9.59 Å². The van der Waals surface area contributed by atoms with Crippen molar-refractivity contribution >= 4 is 17.5 Å². The van der Waals surface area contributed by atoms with E-state index in [0.717, 1.165) is 5.56 Å². The maximum absolute atomic E-state index is 13.1. The number of likely N-dealkylation sites (tertiary alicyclic amines) is 1. The molecule has 6 heteroatoms. The number of hydrogen-bond donors (Lipinski definition) is 1. The maximum Gasteiger partial charge on any atom is 0.239 e. The van der Waals surface area contributed by atoms with Gasteiger partial charge in [0.1, 0.15) is 11.7 Å². The van der Waals surface area contributed by atoms with Gasteiger partial charge in [0.05, 0.1) is 0 Å². The van der Waals surface area contributed by atoms with E-state index in [2.05, 4.69) is 0 Å². The van der Waals surface area contributed by atoms with Crippen LogP contribution in [0.5, 0.6) is 0 Å². The molecule has 2 N–H and O–H groups in total. The SMILES string of the molecule is N[C@@H]1CN(C(=O)C2CCN(c3ccc(F)cc3)C2=O)C[C@H]1c1ccccc1. The molecule has 3 atom stereocenters. The summed E-state index contributed by atoms with van der Waals surface area (Å²) < 4.78 is 13.1. The van der Waals surface area contributed by atoms with Crippen molar-refractivity contribution in [3.05, 3.63) is 66.0 Å². The zero-order valence-electron chi connectivity index (χ0n) is 14.9. The Labute approximate surface area is 157 Å². The molecule has 0 spiro atoms. The lowest BCUT2D eigenvalue weighted by molar-refractivity contribution is -0.139. The van der Waals surface area contributed by atoms with E-state index in [9.17, 15) is 14.0 Å². The molecule has 2 amide bonds. The summed E-state index contributed by atoms with van der Waals surface area (Å²) in [5.74, 6) is -1.32. The Hall–Kier alpha value is -2.73. The number of carbonyl (C=O) groups is 2. The van der Waals surface area contributed by atoms with Gasteiger partial charge in [-0.2, -0.15) is 0 Å². The lowest BCUT2D eigenvalue weighted by Crippen LogP contribution is -2.40. The van der Waals surface area contributed by atoms with Crippen molar-refractivity contribution in [1.82, 2.24) is 4.90 Å². The van der Waals surface area contributed by atoms with Gasteiger partial charge in [-0.25, -0.2) is 4.39 Å². The maximum atomic E-state index is 13.1. The highest BCUT2D eigenvalue weighted by Crippen LogP contribution is 2.31. The van der Waals surface area contributed by atoms with Crippen LogP contribution in [-0.2, 0) is 9.59 Å². The molecular weight excluding hydrogens is 345 g/mol. The van der Waals surface area contributed by atoms with E-state index in [4.69, 9.17) is 5.73 Å². The number of benzene rings is 2. The summed E-state index contributed by atoms with van der Waals surface area (Å²) in [4.78, 5) is 29.0. The summed E-state index contributed by atoms with van der Waals surface area (Å²) in [6.45, 7) is 1.45. The first-order chi connectivity index (χ1) is 13.0. The van der Waals surface area contributed by atoms with Crippen LogP contribution >= 0.6 is 0 Å². The molecule has 2 aliphatic rings. The fourth-order valence-electron chi connectivity index (χ4n) is 4.07. The van der Waals surface area contributed by atoms with Gasteiger partial charge in [0, 0.05) is 37.3 Å². The standard InChI is InChI=1S/C21H22FN3O2/c22-15-6-8-16(9-7-15)25-11-10-17(21(25)27)20(26)24-12-18(19(23)13-24)14-4-2-1-3-5-14/h1-9,17-19H,10-13,23H2/t17?,18-,19+/m0/s1. The van der Waals surface area contributed by atoms with Crippen molar-refractivity contribution < 1.29 is 14.0 Å². The molecule has 2 aromatic carbocycles. The molecule has 1 unspecified atom stereocenters. The Morgan fingerprint density at radius 1 is 1.04 bits per heavy atom. The zero-order valence-corrected chi connectivity index (χ0v) is 14.9. The molecule has 0 saturated carbocycles. The Balaban J connectivity index is 1.46. The number of hydrogen-bond acceptors (Lipinski definition) is 3. The van der Waals surface area contributed by atoms with E-state index in [0.29, 0.717) is 31.7 Å². The minimum absolute atomic E-state index is 0.0832. The molecule has 0 aliphatic carbocycles. The van der Waals surface area contributed by atoms with Crippen molar-refractivity contribution in [1.29, 1.82) is 0 Å². The van der Waals surface area contributed by atoms with E-state index in [1.807, 2.05) is 30.3 Å². The Morgan fingerprint density at radius 2 is 1.74 bits per heavy atom. The quantitative estimate of drug-likeness (QED) is 0.845. The number of amides is 2. The first kappa shape index (κ1) is 17.7. The predicted octanol–water partition coefficient (Wildman–Crippen LogP) is 2.13. The summed E-state index contributed by atoms with van der Waals surface area (Å²) in [5.41, 5.74) is 8.02. The Kier molecular flexibility index (Phi) is 4.66. The second-order valence-corrected chi connectivity index (χ2v) is 7.23. The van der Waals surface area contributed by atoms with Gasteiger partial charge in [0.2, 0.25) is 11.8 Å². The minimum atomic E-state index is -0.684. The van der Waals surface area contributed by atoms with E-state index >= 15 is 0 Å². The van der Waals surface area contributed by atoms with Gasteiger partial charge in [0.15, 0.2) is 0 Å². The number of nitrogens with zero attached hydrogens (tertiary/aromatic N) is 2. The Morgan fingerprint density at radius 3 is 2.44 bits per heavy atom. The average Bonchev–Trinajstić information content (AvgIpc) is 3.26. The zero-order chi connectivity index (χ0) is 19.0. The normalized spacial score (nSPS) is 25.3. The lowest BCUT2D eigenvalue weighted by atomic mass is 9.95. The molecule has 5 nitrogen and oxygen atoms in total. The molecule has 140 valence electrons. The van der Waals surface area contributed by atoms with E-state index < -0.39 is 5.92 Å². The van der Waals surface area contributed by atoms with E-state index in [1.165, 1.54) is 12.1 Å². The number of carbonyl (C=O) groups excluding carboxylic acids is 2. The van der Waals surface area contributed by atoms with Gasteiger partial charge >= 0.3 is 0 Å². The monoisotopic (exact) mass is 367 g/mol. The lowest BCUT2D eigenvalue weighted by Gasteiger charge is -2.21. The fourth-order valence-corrected chi connectivity index (χ4v) is 4.07. The minimum Gasteiger partial charge on any atom is -0.340 e. The first-order valence-electron chi connectivity index (χ1n) is 9.21. The molecule has 2 heterocycles. The summed E-state index contributed by atoms with van der Waals surface area (Å²) in [7, 11) is 0. The molecule has 0 bridgehead atoms. The second-order valence-electron chi connectivity index (χ2n) is 7.23. The van der Waals surface area contributed by atoms with Crippen molar-refractivity contribution in [2.75, 3.05) is 24.5 Å². The number of rotatable bonds is 3. The van der Waals surface area contributed by atoms with E-state index in [1.54, 1.807) is 21.9 Å². The summed E-state index contributed by atoms with van der Waals surface area (Å²) >= 11 is 0. The van der Waals surface area contributed by atoms with Crippen molar-refractivity contribution in [3.63, 3.8) is 0 Å². The molecule has 2 saturated heterocycles. The largest absolute Gasteiger partial charge is 0.340 e. The number of nitrogens with two attached hydrogens (primary N) is 1. The van der Waals surface area contributed by atoms with Crippen LogP contribution in [0.4, 0.5) is 10.1 Å². The molecule has 2 aromatic rings. The van der Waals surface area contributed by atoms with Gasteiger partial charge in [-0.1, -0.05) is 30.3 Å². The van der Waals surface area contributed by atoms with Crippen LogP contribution in [-0.4, -0.2) is 42.4 Å².